The molecule has 0 aromatic heterocycles. The van der Waals surface area contributed by atoms with E-state index in [0.717, 1.165) is 11.3 Å². The molecule has 1 aromatic carbocycles. The summed E-state index contributed by atoms with van der Waals surface area (Å²) in [6.07, 6.45) is 3.23. The van der Waals surface area contributed by atoms with Gasteiger partial charge in [-0.3, -0.25) is 0 Å². The van der Waals surface area contributed by atoms with Gasteiger partial charge in [0.05, 0.1) is 6.61 Å². The monoisotopic (exact) mass is 247 g/mol. The van der Waals surface area contributed by atoms with Crippen LogP contribution in [0.5, 0.6) is 0 Å². The van der Waals surface area contributed by atoms with E-state index < -0.39 is 0 Å². The molecule has 0 aliphatic carbocycles. The Labute approximate surface area is 109 Å². The van der Waals surface area contributed by atoms with Crippen LogP contribution in [0, 0.1) is 5.92 Å². The van der Waals surface area contributed by atoms with Crippen LogP contribution < -0.4 is 4.90 Å². The molecule has 0 atom stereocenters. The summed E-state index contributed by atoms with van der Waals surface area (Å²) in [5.41, 5.74) is 2.12. The van der Waals surface area contributed by atoms with Crippen LogP contribution in [0.25, 0.3) is 6.08 Å². The third kappa shape index (κ3) is 5.04. The molecule has 0 radical (unpaired) electrons. The molecular formula is C15H21NO2. The second-order valence-corrected chi connectivity index (χ2v) is 4.84. The topological polar surface area (TPSA) is 29.5 Å². The van der Waals surface area contributed by atoms with E-state index in [1.165, 1.54) is 6.08 Å². The van der Waals surface area contributed by atoms with Gasteiger partial charge < -0.3 is 9.64 Å². The maximum atomic E-state index is 11.4. The predicted octanol–water partition coefficient (Wildman–Crippen LogP) is 2.97. The van der Waals surface area contributed by atoms with Crippen molar-refractivity contribution in [2.75, 3.05) is 25.6 Å². The van der Waals surface area contributed by atoms with Crippen molar-refractivity contribution in [1.82, 2.24) is 0 Å². The number of esters is 1. The number of carbonyl (C=O) groups is 1. The zero-order valence-corrected chi connectivity index (χ0v) is 11.5. The summed E-state index contributed by atoms with van der Waals surface area (Å²) in [5, 5.41) is 0. The highest BCUT2D eigenvalue weighted by molar-refractivity contribution is 5.87. The fraction of sp³-hybridized carbons (Fsp3) is 0.400. The summed E-state index contributed by atoms with van der Waals surface area (Å²) in [5.74, 6) is 0.0714. The molecule has 1 aromatic rings. The molecule has 0 amide bonds. The van der Waals surface area contributed by atoms with Gasteiger partial charge >= 0.3 is 5.97 Å². The van der Waals surface area contributed by atoms with Gasteiger partial charge in [-0.25, -0.2) is 4.79 Å². The lowest BCUT2D eigenvalue weighted by molar-refractivity contribution is -0.138. The minimum atomic E-state index is -0.291. The van der Waals surface area contributed by atoms with E-state index in [0.29, 0.717) is 12.5 Å². The van der Waals surface area contributed by atoms with Gasteiger partial charge in [-0.1, -0.05) is 26.0 Å². The number of anilines is 1. The molecule has 0 N–H and O–H groups in total. The van der Waals surface area contributed by atoms with Gasteiger partial charge in [0, 0.05) is 25.9 Å². The van der Waals surface area contributed by atoms with Crippen molar-refractivity contribution in [1.29, 1.82) is 0 Å². The van der Waals surface area contributed by atoms with Crippen LogP contribution in [0.4, 0.5) is 5.69 Å². The first-order valence-electron chi connectivity index (χ1n) is 6.11. The Bertz CT molecular complexity index is 405. The number of nitrogens with zero attached hydrogens (tertiary/aromatic N) is 1. The number of hydrogen-bond acceptors (Lipinski definition) is 3. The lowest BCUT2D eigenvalue weighted by atomic mass is 10.2. The minimum Gasteiger partial charge on any atom is -0.462 e. The average molecular weight is 247 g/mol. The molecule has 0 unspecified atom stereocenters. The van der Waals surface area contributed by atoms with E-state index >= 15 is 0 Å². The predicted molar refractivity (Wildman–Crippen MR) is 75.6 cm³/mol. The van der Waals surface area contributed by atoms with Crippen molar-refractivity contribution in [3.63, 3.8) is 0 Å². The summed E-state index contributed by atoms with van der Waals surface area (Å²) in [6, 6.07) is 7.97. The highest BCUT2D eigenvalue weighted by Crippen LogP contribution is 2.13. The highest BCUT2D eigenvalue weighted by Gasteiger charge is 1.99. The first-order chi connectivity index (χ1) is 8.49. The molecule has 1 rings (SSSR count). The van der Waals surface area contributed by atoms with Gasteiger partial charge in [0.1, 0.15) is 0 Å². The van der Waals surface area contributed by atoms with Gasteiger partial charge in [-0.15, -0.1) is 0 Å². The number of hydrogen-bond donors (Lipinski definition) is 0. The second-order valence-electron chi connectivity index (χ2n) is 4.84. The smallest absolute Gasteiger partial charge is 0.330 e. The second kappa shape index (κ2) is 6.84. The third-order valence-corrected chi connectivity index (χ3v) is 2.38. The molecule has 3 heteroatoms. The molecule has 0 fully saturated rings. The zero-order chi connectivity index (χ0) is 13.5. The lowest BCUT2D eigenvalue weighted by Gasteiger charge is -2.11. The normalized spacial score (nSPS) is 10.9. The van der Waals surface area contributed by atoms with Gasteiger partial charge in [0.15, 0.2) is 0 Å². The van der Waals surface area contributed by atoms with Crippen molar-refractivity contribution in [3.8, 4) is 0 Å². The van der Waals surface area contributed by atoms with Gasteiger partial charge in [-0.2, -0.15) is 0 Å². The fourth-order valence-electron chi connectivity index (χ4n) is 1.34. The summed E-state index contributed by atoms with van der Waals surface area (Å²) < 4.78 is 5.05. The SMILES string of the molecule is CC(C)COC(=O)C=Cc1ccc(N(C)C)cc1. The minimum absolute atomic E-state index is 0.291. The first-order valence-corrected chi connectivity index (χ1v) is 6.11. The molecule has 18 heavy (non-hydrogen) atoms. The molecule has 0 spiro atoms. The van der Waals surface area contributed by atoms with Gasteiger partial charge in [-0.05, 0) is 29.7 Å². The molecule has 0 aliphatic rings. The van der Waals surface area contributed by atoms with Crippen LogP contribution in [0.2, 0.25) is 0 Å². The number of carbonyl (C=O) groups excluding carboxylic acids is 1. The molecule has 0 heterocycles. The van der Waals surface area contributed by atoms with Crippen LogP contribution in [0.1, 0.15) is 19.4 Å². The van der Waals surface area contributed by atoms with E-state index in [4.69, 9.17) is 4.74 Å². The number of benzene rings is 1. The lowest BCUT2D eigenvalue weighted by Crippen LogP contribution is -2.08. The first kappa shape index (κ1) is 14.3. The van der Waals surface area contributed by atoms with E-state index in [9.17, 15) is 4.79 Å². The third-order valence-electron chi connectivity index (χ3n) is 2.38. The van der Waals surface area contributed by atoms with Crippen molar-refractivity contribution >= 4 is 17.7 Å². The Kier molecular flexibility index (Phi) is 5.43. The van der Waals surface area contributed by atoms with E-state index in [1.54, 1.807) is 6.08 Å². The molecule has 3 nitrogen and oxygen atoms in total. The summed E-state index contributed by atoms with van der Waals surface area (Å²) in [4.78, 5) is 13.4. The quantitative estimate of drug-likeness (QED) is 0.592. The summed E-state index contributed by atoms with van der Waals surface area (Å²) >= 11 is 0. The average Bonchev–Trinajstić information content (AvgIpc) is 2.34. The van der Waals surface area contributed by atoms with Crippen LogP contribution in [-0.2, 0) is 9.53 Å². The standard InChI is InChI=1S/C15H21NO2/c1-12(2)11-18-15(17)10-7-13-5-8-14(9-6-13)16(3)4/h5-10,12H,11H2,1-4H3. The largest absolute Gasteiger partial charge is 0.462 e. The molecule has 0 bridgehead atoms. The Morgan fingerprint density at radius 1 is 1.28 bits per heavy atom. The molecule has 0 aliphatic heterocycles. The number of rotatable bonds is 5. The molecule has 0 saturated heterocycles. The fourth-order valence-corrected chi connectivity index (χ4v) is 1.34. The Hall–Kier alpha value is -1.77. The summed E-state index contributed by atoms with van der Waals surface area (Å²) in [7, 11) is 3.99. The van der Waals surface area contributed by atoms with Crippen molar-refractivity contribution in [2.24, 2.45) is 5.92 Å². The van der Waals surface area contributed by atoms with Crippen molar-refractivity contribution in [2.45, 2.75) is 13.8 Å². The maximum Gasteiger partial charge on any atom is 0.330 e. The Morgan fingerprint density at radius 3 is 2.39 bits per heavy atom. The summed E-state index contributed by atoms with van der Waals surface area (Å²) in [6.45, 7) is 4.48. The highest BCUT2D eigenvalue weighted by atomic mass is 16.5. The van der Waals surface area contributed by atoms with Crippen LogP contribution in [-0.4, -0.2) is 26.7 Å². The van der Waals surface area contributed by atoms with Crippen LogP contribution in [0.3, 0.4) is 0 Å². The van der Waals surface area contributed by atoms with Crippen molar-refractivity contribution in [3.05, 3.63) is 35.9 Å². The number of ether oxygens (including phenoxy) is 1. The zero-order valence-electron chi connectivity index (χ0n) is 11.5. The molecule has 0 saturated carbocycles. The van der Waals surface area contributed by atoms with Gasteiger partial charge in [0.2, 0.25) is 0 Å². The molecule has 98 valence electrons. The van der Waals surface area contributed by atoms with E-state index in [1.807, 2.05) is 57.1 Å². The van der Waals surface area contributed by atoms with Gasteiger partial charge in [0.25, 0.3) is 0 Å². The Balaban J connectivity index is 2.53. The Morgan fingerprint density at radius 2 is 1.89 bits per heavy atom. The van der Waals surface area contributed by atoms with Crippen molar-refractivity contribution < 1.29 is 9.53 Å². The van der Waals surface area contributed by atoms with E-state index in [-0.39, 0.29) is 5.97 Å². The van der Waals surface area contributed by atoms with Crippen LogP contribution >= 0.6 is 0 Å². The van der Waals surface area contributed by atoms with E-state index in [2.05, 4.69) is 0 Å². The van der Waals surface area contributed by atoms with Crippen LogP contribution in [0.15, 0.2) is 30.3 Å². The maximum absolute atomic E-state index is 11.4. The molecular weight excluding hydrogens is 226 g/mol.